The zero-order valence-corrected chi connectivity index (χ0v) is 10.7. The molecule has 0 aromatic heterocycles. The van der Waals surface area contributed by atoms with Gasteiger partial charge in [-0.15, -0.1) is 0 Å². The van der Waals surface area contributed by atoms with Crippen LogP contribution in [0.3, 0.4) is 0 Å². The molecule has 0 heterocycles. The van der Waals surface area contributed by atoms with Crippen LogP contribution in [0, 0.1) is 0 Å². The van der Waals surface area contributed by atoms with Crippen molar-refractivity contribution in [2.24, 2.45) is 11.5 Å². The quantitative estimate of drug-likeness (QED) is 0.128. The van der Waals surface area contributed by atoms with Gasteiger partial charge in [-0.05, 0) is 0 Å². The lowest BCUT2D eigenvalue weighted by Crippen LogP contribution is -2.42. The van der Waals surface area contributed by atoms with Crippen LogP contribution in [0.2, 0.25) is 0 Å². The van der Waals surface area contributed by atoms with Crippen LogP contribution in [0.5, 0.6) is 0 Å². The molecule has 7 nitrogen and oxygen atoms in total. The maximum atomic E-state index is 5.35. The van der Waals surface area contributed by atoms with Gasteiger partial charge in [-0.1, -0.05) is 0 Å². The molecule has 0 amide bonds. The zero-order chi connectivity index (χ0) is 12.6. The lowest BCUT2D eigenvalue weighted by molar-refractivity contribution is 0.499. The summed E-state index contributed by atoms with van der Waals surface area (Å²) < 4.78 is 0. The van der Waals surface area contributed by atoms with Gasteiger partial charge in [0.05, 0.1) is 0 Å². The number of rotatable bonds is 14. The summed E-state index contributed by atoms with van der Waals surface area (Å²) in [5.74, 6) is 0. The first-order valence-electron chi connectivity index (χ1n) is 6.39. The highest BCUT2D eigenvalue weighted by Crippen LogP contribution is 1.60. The molecule has 0 aliphatic rings. The highest BCUT2D eigenvalue weighted by Gasteiger charge is 1.88. The average molecular weight is 247 g/mol. The van der Waals surface area contributed by atoms with Gasteiger partial charge in [0.1, 0.15) is 0 Å². The van der Waals surface area contributed by atoms with Crippen LogP contribution in [0.25, 0.3) is 0 Å². The molecule has 7 heteroatoms. The molecule has 0 bridgehead atoms. The van der Waals surface area contributed by atoms with Gasteiger partial charge in [-0.2, -0.15) is 0 Å². The first-order chi connectivity index (χ1) is 8.41. The molecular formula is C10H29N7. The molecule has 0 aliphatic heterocycles. The van der Waals surface area contributed by atoms with Crippen molar-refractivity contribution in [1.29, 1.82) is 0 Å². The fourth-order valence-corrected chi connectivity index (χ4v) is 1.23. The number of nitrogens with two attached hydrogens (primary N) is 2. The maximum Gasteiger partial charge on any atom is 0.0225 e. The Morgan fingerprint density at radius 1 is 0.471 bits per heavy atom. The second kappa shape index (κ2) is 15.7. The molecule has 0 aromatic carbocycles. The van der Waals surface area contributed by atoms with E-state index in [4.69, 9.17) is 11.5 Å². The van der Waals surface area contributed by atoms with Crippen LogP contribution in [-0.2, 0) is 0 Å². The van der Waals surface area contributed by atoms with Crippen molar-refractivity contribution in [3.05, 3.63) is 0 Å². The molecule has 0 spiro atoms. The third-order valence-electron chi connectivity index (χ3n) is 2.10. The molecule has 0 aliphatic carbocycles. The predicted octanol–water partition coefficient (Wildman–Crippen LogP) is -3.23. The van der Waals surface area contributed by atoms with E-state index in [0.29, 0.717) is 13.1 Å². The SMILES string of the molecule is NCCNCCNCCNNCCNCCN. The Kier molecular flexibility index (Phi) is 15.5. The summed E-state index contributed by atoms with van der Waals surface area (Å²) in [6.45, 7) is 8.78. The molecule has 0 rings (SSSR count). The highest BCUT2D eigenvalue weighted by molar-refractivity contribution is 4.54. The monoisotopic (exact) mass is 247 g/mol. The summed E-state index contributed by atoms with van der Waals surface area (Å²) in [7, 11) is 0. The van der Waals surface area contributed by atoms with Gasteiger partial charge in [0.25, 0.3) is 0 Å². The van der Waals surface area contributed by atoms with Crippen LogP contribution in [-0.4, -0.2) is 65.4 Å². The zero-order valence-electron chi connectivity index (χ0n) is 10.7. The van der Waals surface area contributed by atoms with E-state index in [2.05, 4.69) is 26.8 Å². The largest absolute Gasteiger partial charge is 0.329 e. The molecule has 104 valence electrons. The molecule has 0 aromatic rings. The van der Waals surface area contributed by atoms with E-state index in [9.17, 15) is 0 Å². The first-order valence-corrected chi connectivity index (χ1v) is 6.39. The van der Waals surface area contributed by atoms with E-state index in [1.807, 2.05) is 0 Å². The Morgan fingerprint density at radius 2 is 0.824 bits per heavy atom. The number of hydrazine groups is 1. The fraction of sp³-hybridized carbons (Fsp3) is 1.00. The minimum absolute atomic E-state index is 0.690. The standard InChI is InChI=1S/C10H29N7/c11-1-3-13-5-6-15-8-10-17-16-9-7-14-4-2-12/h13-17H,1-12H2. The predicted molar refractivity (Wildman–Crippen MR) is 72.7 cm³/mol. The van der Waals surface area contributed by atoms with Crippen LogP contribution in [0.1, 0.15) is 0 Å². The molecule has 0 saturated heterocycles. The lowest BCUT2D eigenvalue weighted by Gasteiger charge is -2.09. The molecule has 0 fully saturated rings. The minimum atomic E-state index is 0.690. The third-order valence-corrected chi connectivity index (χ3v) is 2.10. The summed E-state index contributed by atoms with van der Waals surface area (Å²) >= 11 is 0. The fourth-order valence-electron chi connectivity index (χ4n) is 1.23. The van der Waals surface area contributed by atoms with Crippen molar-refractivity contribution in [1.82, 2.24) is 26.8 Å². The van der Waals surface area contributed by atoms with Crippen LogP contribution in [0.4, 0.5) is 0 Å². The van der Waals surface area contributed by atoms with Crippen LogP contribution in [0.15, 0.2) is 0 Å². The van der Waals surface area contributed by atoms with Gasteiger partial charge in [0.15, 0.2) is 0 Å². The van der Waals surface area contributed by atoms with E-state index >= 15 is 0 Å². The van der Waals surface area contributed by atoms with E-state index in [-0.39, 0.29) is 0 Å². The highest BCUT2D eigenvalue weighted by atomic mass is 15.4. The molecule has 0 radical (unpaired) electrons. The summed E-state index contributed by atoms with van der Waals surface area (Å²) in [5.41, 5.74) is 17.0. The number of hydrogen-bond donors (Lipinski definition) is 7. The average Bonchev–Trinajstić information content (AvgIpc) is 2.35. The van der Waals surface area contributed by atoms with E-state index in [0.717, 1.165) is 52.4 Å². The molecule has 0 atom stereocenters. The van der Waals surface area contributed by atoms with Crippen molar-refractivity contribution in [3.63, 3.8) is 0 Å². The maximum absolute atomic E-state index is 5.35. The topological polar surface area (TPSA) is 112 Å². The summed E-state index contributed by atoms with van der Waals surface area (Å²) in [5, 5.41) is 9.75. The molecular weight excluding hydrogens is 218 g/mol. The summed E-state index contributed by atoms with van der Waals surface area (Å²) in [6.07, 6.45) is 0. The van der Waals surface area contributed by atoms with Gasteiger partial charge in [-0.3, -0.25) is 10.9 Å². The van der Waals surface area contributed by atoms with Gasteiger partial charge < -0.3 is 27.4 Å². The first kappa shape index (κ1) is 16.7. The normalized spacial score (nSPS) is 10.9. The molecule has 0 saturated carbocycles. The smallest absolute Gasteiger partial charge is 0.0225 e. The van der Waals surface area contributed by atoms with Crippen molar-refractivity contribution < 1.29 is 0 Å². The molecule has 9 N–H and O–H groups in total. The Bertz CT molecular complexity index is 120. The van der Waals surface area contributed by atoms with Crippen molar-refractivity contribution >= 4 is 0 Å². The summed E-state index contributed by atoms with van der Waals surface area (Å²) in [4.78, 5) is 0. The Labute approximate surface area is 104 Å². The van der Waals surface area contributed by atoms with E-state index < -0.39 is 0 Å². The van der Waals surface area contributed by atoms with Crippen molar-refractivity contribution in [2.75, 3.05) is 65.4 Å². The van der Waals surface area contributed by atoms with E-state index in [1.165, 1.54) is 0 Å². The van der Waals surface area contributed by atoms with Crippen molar-refractivity contribution in [3.8, 4) is 0 Å². The third kappa shape index (κ3) is 15.7. The second-order valence-electron chi connectivity index (χ2n) is 3.68. The van der Waals surface area contributed by atoms with Gasteiger partial charge in [0.2, 0.25) is 0 Å². The Balaban J connectivity index is 2.85. The minimum Gasteiger partial charge on any atom is -0.329 e. The van der Waals surface area contributed by atoms with Gasteiger partial charge >= 0.3 is 0 Å². The second-order valence-corrected chi connectivity index (χ2v) is 3.68. The van der Waals surface area contributed by atoms with Crippen molar-refractivity contribution in [2.45, 2.75) is 0 Å². The van der Waals surface area contributed by atoms with Gasteiger partial charge in [-0.25, -0.2) is 0 Å². The van der Waals surface area contributed by atoms with E-state index in [1.54, 1.807) is 0 Å². The molecule has 0 unspecified atom stereocenters. The number of hydrogen-bond acceptors (Lipinski definition) is 7. The van der Waals surface area contributed by atoms with Crippen LogP contribution < -0.4 is 38.3 Å². The van der Waals surface area contributed by atoms with Crippen LogP contribution >= 0.6 is 0 Å². The molecule has 17 heavy (non-hydrogen) atoms. The van der Waals surface area contributed by atoms with Gasteiger partial charge in [0, 0.05) is 65.4 Å². The lowest BCUT2D eigenvalue weighted by atomic mass is 10.5. The Morgan fingerprint density at radius 3 is 1.24 bits per heavy atom. The number of nitrogens with one attached hydrogen (secondary N) is 5. The Hall–Kier alpha value is -0.280. The summed E-state index contributed by atoms with van der Waals surface area (Å²) in [6, 6.07) is 0.